The van der Waals surface area contributed by atoms with Crippen molar-refractivity contribution in [1.82, 2.24) is 5.32 Å². The fraction of sp³-hybridized carbons (Fsp3) is 0.600. The average Bonchev–Trinajstić information content (AvgIpc) is 2.68. The fourth-order valence-corrected chi connectivity index (χ4v) is 3.04. The van der Waals surface area contributed by atoms with Crippen LogP contribution in [0.2, 0.25) is 5.02 Å². The Morgan fingerprint density at radius 1 is 1.33 bits per heavy atom. The molecule has 1 saturated heterocycles. The van der Waals surface area contributed by atoms with E-state index in [0.29, 0.717) is 10.6 Å². The largest absolute Gasteiger partial charge is 0.310 e. The molecule has 1 aromatic carbocycles. The summed E-state index contributed by atoms with van der Waals surface area (Å²) in [6.45, 7) is 6.98. The molecule has 0 aliphatic carbocycles. The maximum absolute atomic E-state index is 13.9. The Labute approximate surface area is 115 Å². The van der Waals surface area contributed by atoms with Crippen molar-refractivity contribution in [3.05, 3.63) is 34.1 Å². The summed E-state index contributed by atoms with van der Waals surface area (Å²) in [6, 6.07) is 3.64. The lowest BCUT2D eigenvalue weighted by Crippen LogP contribution is -2.18. The molecule has 0 saturated carbocycles. The van der Waals surface area contributed by atoms with Gasteiger partial charge in [-0.25, -0.2) is 4.39 Å². The Morgan fingerprint density at radius 2 is 2.00 bits per heavy atom. The predicted octanol–water partition coefficient (Wildman–Crippen LogP) is 4.84. The van der Waals surface area contributed by atoms with Gasteiger partial charge in [0, 0.05) is 11.6 Å². The van der Waals surface area contributed by atoms with E-state index < -0.39 is 0 Å². The molecule has 3 heteroatoms. The maximum atomic E-state index is 13.9. The van der Waals surface area contributed by atoms with Crippen molar-refractivity contribution < 1.29 is 4.39 Å². The number of nitrogens with one attached hydrogen (secondary N) is 1. The highest BCUT2D eigenvalue weighted by atomic mass is 35.5. The Morgan fingerprint density at radius 3 is 2.50 bits per heavy atom. The van der Waals surface area contributed by atoms with Crippen LogP contribution in [0.25, 0.3) is 0 Å². The SMILES string of the molecule is C.CC(C)(C)c1c(F)ccc(C2CCCN2)c1Cl. The van der Waals surface area contributed by atoms with Gasteiger partial charge in [0.1, 0.15) is 5.82 Å². The Hall–Kier alpha value is -0.600. The summed E-state index contributed by atoms with van der Waals surface area (Å²) in [4.78, 5) is 0. The first-order valence-electron chi connectivity index (χ1n) is 6.13. The molecule has 0 aromatic heterocycles. The Bertz CT molecular complexity index is 417. The van der Waals surface area contributed by atoms with E-state index in [2.05, 4.69) is 5.32 Å². The summed E-state index contributed by atoms with van der Waals surface area (Å²) in [5, 5.41) is 4.00. The van der Waals surface area contributed by atoms with Crippen LogP contribution in [0.4, 0.5) is 4.39 Å². The van der Waals surface area contributed by atoms with Gasteiger partial charge in [0.25, 0.3) is 0 Å². The van der Waals surface area contributed by atoms with Gasteiger partial charge in [-0.1, -0.05) is 45.9 Å². The van der Waals surface area contributed by atoms with E-state index in [4.69, 9.17) is 11.6 Å². The van der Waals surface area contributed by atoms with Crippen LogP contribution in [0.5, 0.6) is 0 Å². The van der Waals surface area contributed by atoms with Gasteiger partial charge in [-0.2, -0.15) is 0 Å². The van der Waals surface area contributed by atoms with E-state index >= 15 is 0 Å². The molecule has 18 heavy (non-hydrogen) atoms. The number of benzene rings is 1. The monoisotopic (exact) mass is 271 g/mol. The van der Waals surface area contributed by atoms with Gasteiger partial charge in [-0.05, 0) is 36.4 Å². The average molecular weight is 272 g/mol. The van der Waals surface area contributed by atoms with Gasteiger partial charge in [-0.3, -0.25) is 0 Å². The molecule has 1 heterocycles. The lowest BCUT2D eigenvalue weighted by molar-refractivity contribution is 0.519. The molecule has 0 radical (unpaired) electrons. The van der Waals surface area contributed by atoms with Gasteiger partial charge in [0.15, 0.2) is 0 Å². The molecular weight excluding hydrogens is 249 g/mol. The molecule has 1 nitrogen and oxygen atoms in total. The number of hydrogen-bond acceptors (Lipinski definition) is 1. The van der Waals surface area contributed by atoms with E-state index in [0.717, 1.165) is 24.9 Å². The molecule has 2 rings (SSSR count). The number of halogens is 2. The molecule has 1 aromatic rings. The van der Waals surface area contributed by atoms with Crippen LogP contribution in [-0.2, 0) is 5.41 Å². The molecule has 102 valence electrons. The molecule has 1 N–H and O–H groups in total. The predicted molar refractivity (Wildman–Crippen MR) is 76.8 cm³/mol. The maximum Gasteiger partial charge on any atom is 0.128 e. The number of rotatable bonds is 1. The van der Waals surface area contributed by atoms with Crippen molar-refractivity contribution in [3.63, 3.8) is 0 Å². The normalized spacial score (nSPS) is 19.7. The van der Waals surface area contributed by atoms with Crippen molar-refractivity contribution in [1.29, 1.82) is 0 Å². The third kappa shape index (κ3) is 2.86. The molecule has 1 unspecified atom stereocenters. The topological polar surface area (TPSA) is 12.0 Å². The zero-order valence-electron chi connectivity index (χ0n) is 10.6. The van der Waals surface area contributed by atoms with Gasteiger partial charge < -0.3 is 5.32 Å². The molecular formula is C15H23ClFN. The van der Waals surface area contributed by atoms with Crippen molar-refractivity contribution in [2.45, 2.75) is 52.5 Å². The number of hydrogen-bond donors (Lipinski definition) is 1. The Balaban J connectivity index is 0.00000162. The zero-order chi connectivity index (χ0) is 12.6. The van der Waals surface area contributed by atoms with E-state index in [-0.39, 0.29) is 24.7 Å². The third-order valence-corrected chi connectivity index (χ3v) is 3.71. The summed E-state index contributed by atoms with van der Waals surface area (Å²) in [5.74, 6) is -0.204. The zero-order valence-corrected chi connectivity index (χ0v) is 11.4. The minimum absolute atomic E-state index is 0. The highest BCUT2D eigenvalue weighted by Gasteiger charge is 2.27. The first kappa shape index (κ1) is 15.5. The molecule has 0 bridgehead atoms. The minimum atomic E-state index is -0.268. The van der Waals surface area contributed by atoms with Crippen LogP contribution in [0.1, 0.15) is 58.2 Å². The first-order chi connectivity index (χ1) is 7.91. The summed E-state index contributed by atoms with van der Waals surface area (Å²) in [5.41, 5.74) is 1.40. The van der Waals surface area contributed by atoms with Gasteiger partial charge in [-0.15, -0.1) is 0 Å². The van der Waals surface area contributed by atoms with E-state index in [9.17, 15) is 4.39 Å². The fourth-order valence-electron chi connectivity index (χ4n) is 2.48. The highest BCUT2D eigenvalue weighted by molar-refractivity contribution is 6.32. The van der Waals surface area contributed by atoms with Gasteiger partial charge >= 0.3 is 0 Å². The summed E-state index contributed by atoms with van der Waals surface area (Å²) in [7, 11) is 0. The van der Waals surface area contributed by atoms with E-state index in [1.807, 2.05) is 26.8 Å². The standard InChI is InChI=1S/C14H19ClFN.CH4/c1-14(2,3)12-10(16)7-6-9(13(12)15)11-5-4-8-17-11;/h6-7,11,17H,4-5,8H2,1-3H3;1H4. The minimum Gasteiger partial charge on any atom is -0.310 e. The molecule has 1 aliphatic heterocycles. The Kier molecular flexibility index (Phi) is 4.79. The second kappa shape index (κ2) is 5.58. The summed E-state index contributed by atoms with van der Waals surface area (Å²) >= 11 is 6.40. The van der Waals surface area contributed by atoms with Crippen LogP contribution < -0.4 is 5.32 Å². The van der Waals surface area contributed by atoms with Crippen LogP contribution in [-0.4, -0.2) is 6.54 Å². The van der Waals surface area contributed by atoms with Crippen molar-refractivity contribution in [2.24, 2.45) is 0 Å². The molecule has 0 amide bonds. The van der Waals surface area contributed by atoms with E-state index in [1.54, 1.807) is 6.07 Å². The van der Waals surface area contributed by atoms with Crippen LogP contribution in [0.15, 0.2) is 12.1 Å². The summed E-state index contributed by atoms with van der Waals surface area (Å²) in [6.07, 6.45) is 2.23. The van der Waals surface area contributed by atoms with Crippen molar-refractivity contribution in [3.8, 4) is 0 Å². The quantitative estimate of drug-likeness (QED) is 0.771. The van der Waals surface area contributed by atoms with Crippen molar-refractivity contribution in [2.75, 3.05) is 6.54 Å². The van der Waals surface area contributed by atoms with Crippen molar-refractivity contribution >= 4 is 11.6 Å². The molecule has 1 aliphatic rings. The second-order valence-corrected chi connectivity index (χ2v) is 6.10. The van der Waals surface area contributed by atoms with Gasteiger partial charge in [0.2, 0.25) is 0 Å². The van der Waals surface area contributed by atoms with Crippen LogP contribution in [0.3, 0.4) is 0 Å². The first-order valence-corrected chi connectivity index (χ1v) is 6.51. The molecule has 1 atom stereocenters. The summed E-state index contributed by atoms with van der Waals surface area (Å²) < 4.78 is 13.9. The van der Waals surface area contributed by atoms with Gasteiger partial charge in [0.05, 0.1) is 5.02 Å². The molecule has 0 spiro atoms. The third-order valence-electron chi connectivity index (χ3n) is 3.31. The second-order valence-electron chi connectivity index (χ2n) is 5.72. The van der Waals surface area contributed by atoms with E-state index in [1.165, 1.54) is 0 Å². The lowest BCUT2D eigenvalue weighted by Gasteiger charge is -2.24. The van der Waals surface area contributed by atoms with Crippen LogP contribution >= 0.6 is 11.6 Å². The highest BCUT2D eigenvalue weighted by Crippen LogP contribution is 2.38. The smallest absolute Gasteiger partial charge is 0.128 e. The molecule has 1 fully saturated rings. The lowest BCUT2D eigenvalue weighted by atomic mass is 9.84. The van der Waals surface area contributed by atoms with Crippen LogP contribution in [0, 0.1) is 5.82 Å².